The van der Waals surface area contributed by atoms with Gasteiger partial charge in [-0.2, -0.15) is 5.10 Å². The quantitative estimate of drug-likeness (QED) is 0.771. The van der Waals surface area contributed by atoms with Gasteiger partial charge in [-0.3, -0.25) is 9.40 Å². The van der Waals surface area contributed by atoms with Crippen molar-refractivity contribution >= 4 is 38.3 Å². The number of aromatic amines is 1. The lowest BCUT2D eigenvalue weighted by atomic mass is 10.3. The number of halogens is 1. The van der Waals surface area contributed by atoms with Gasteiger partial charge in [-0.15, -0.1) is 0 Å². The molecule has 0 atom stereocenters. The second kappa shape index (κ2) is 4.74. The first-order valence-corrected chi connectivity index (χ1v) is 7.90. The Bertz CT molecular complexity index is 928. The minimum atomic E-state index is -3.84. The van der Waals surface area contributed by atoms with Gasteiger partial charge in [0.2, 0.25) is 0 Å². The molecule has 0 radical (unpaired) electrons. The Kier molecular flexibility index (Phi) is 3.14. The molecule has 0 spiro atoms. The number of para-hydroxylation sites is 1. The van der Waals surface area contributed by atoms with Crippen molar-refractivity contribution in [2.24, 2.45) is 7.05 Å². The second-order valence-electron chi connectivity index (χ2n) is 4.54. The van der Waals surface area contributed by atoms with Gasteiger partial charge in [-0.25, -0.2) is 13.4 Å². The van der Waals surface area contributed by atoms with Crippen molar-refractivity contribution in [3.8, 4) is 0 Å². The van der Waals surface area contributed by atoms with E-state index in [4.69, 9.17) is 11.6 Å². The molecular weight excluding hydrogens is 314 g/mol. The van der Waals surface area contributed by atoms with Gasteiger partial charge in [-0.05, 0) is 19.1 Å². The number of hydrogen-bond acceptors (Lipinski definition) is 4. The highest BCUT2D eigenvalue weighted by Gasteiger charge is 2.26. The monoisotopic (exact) mass is 325 g/mol. The number of sulfonamides is 1. The number of fused-ring (bicyclic) bond motifs is 1. The molecule has 0 aliphatic carbocycles. The van der Waals surface area contributed by atoms with E-state index in [9.17, 15) is 8.42 Å². The van der Waals surface area contributed by atoms with Crippen molar-refractivity contribution in [2.75, 3.05) is 4.72 Å². The Balaban J connectivity index is 2.10. The predicted octanol–water partition coefficient (Wildman–Crippen LogP) is 2.06. The zero-order chi connectivity index (χ0) is 15.2. The predicted molar refractivity (Wildman–Crippen MR) is 79.9 cm³/mol. The van der Waals surface area contributed by atoms with Gasteiger partial charge >= 0.3 is 0 Å². The largest absolute Gasteiger partial charge is 0.345 e. The molecule has 110 valence electrons. The van der Waals surface area contributed by atoms with Crippen molar-refractivity contribution in [3.05, 3.63) is 35.4 Å². The van der Waals surface area contributed by atoms with Crippen molar-refractivity contribution in [1.29, 1.82) is 0 Å². The molecular formula is C12H12ClN5O2S. The third-order valence-electron chi connectivity index (χ3n) is 3.06. The zero-order valence-corrected chi connectivity index (χ0v) is 12.8. The average molecular weight is 326 g/mol. The summed E-state index contributed by atoms with van der Waals surface area (Å²) in [5.74, 6) is 0. The van der Waals surface area contributed by atoms with Crippen LogP contribution in [0.2, 0.25) is 5.15 Å². The van der Waals surface area contributed by atoms with Crippen molar-refractivity contribution in [1.82, 2.24) is 19.7 Å². The highest BCUT2D eigenvalue weighted by atomic mass is 35.5. The van der Waals surface area contributed by atoms with E-state index in [0.717, 1.165) is 5.52 Å². The van der Waals surface area contributed by atoms with Crippen LogP contribution in [0.4, 0.5) is 5.69 Å². The smallest absolute Gasteiger partial charge is 0.266 e. The van der Waals surface area contributed by atoms with Gasteiger partial charge in [0.05, 0.1) is 23.2 Å². The lowest BCUT2D eigenvalue weighted by molar-refractivity contribution is 0.600. The minimum Gasteiger partial charge on any atom is -0.345 e. The van der Waals surface area contributed by atoms with Gasteiger partial charge in [0.1, 0.15) is 15.6 Å². The fourth-order valence-corrected chi connectivity index (χ4v) is 3.98. The molecule has 2 aromatic heterocycles. The maximum atomic E-state index is 12.5. The molecule has 0 unspecified atom stereocenters. The first-order chi connectivity index (χ1) is 9.90. The van der Waals surface area contributed by atoms with Crippen LogP contribution in [0.25, 0.3) is 11.0 Å². The number of anilines is 1. The summed E-state index contributed by atoms with van der Waals surface area (Å²) in [6.45, 7) is 1.59. The van der Waals surface area contributed by atoms with Crippen LogP contribution in [-0.2, 0) is 17.1 Å². The standard InChI is InChI=1S/C12H12ClN5O2S/c1-7-11(12(13)18(2)16-7)21(19,20)17-9-5-3-4-8-10(9)15-6-14-8/h3-6,17H,1-2H3,(H,14,15). The fourth-order valence-electron chi connectivity index (χ4n) is 2.16. The average Bonchev–Trinajstić information content (AvgIpc) is 2.95. The van der Waals surface area contributed by atoms with E-state index in [-0.39, 0.29) is 10.0 Å². The number of aryl methyl sites for hydroxylation is 2. The van der Waals surface area contributed by atoms with Crippen LogP contribution in [0.15, 0.2) is 29.4 Å². The normalized spacial score (nSPS) is 12.0. The molecule has 7 nitrogen and oxygen atoms in total. The summed E-state index contributed by atoms with van der Waals surface area (Å²) >= 11 is 6.02. The maximum absolute atomic E-state index is 12.5. The SMILES string of the molecule is Cc1nn(C)c(Cl)c1S(=O)(=O)Nc1cccc2[nH]cnc12. The van der Waals surface area contributed by atoms with E-state index < -0.39 is 10.0 Å². The summed E-state index contributed by atoms with van der Waals surface area (Å²) in [6, 6.07) is 5.18. The number of imidazole rings is 1. The van der Waals surface area contributed by atoms with Crippen LogP contribution in [-0.4, -0.2) is 28.2 Å². The zero-order valence-electron chi connectivity index (χ0n) is 11.3. The second-order valence-corrected chi connectivity index (χ2v) is 6.52. The Morgan fingerprint density at radius 1 is 1.38 bits per heavy atom. The Labute approximate surface area is 126 Å². The number of nitrogens with zero attached hydrogens (tertiary/aromatic N) is 3. The Morgan fingerprint density at radius 3 is 2.81 bits per heavy atom. The third-order valence-corrected chi connectivity index (χ3v) is 5.12. The summed E-state index contributed by atoms with van der Waals surface area (Å²) in [4.78, 5) is 7.01. The maximum Gasteiger partial charge on any atom is 0.266 e. The number of rotatable bonds is 3. The van der Waals surface area contributed by atoms with Crippen LogP contribution >= 0.6 is 11.6 Å². The van der Waals surface area contributed by atoms with Gasteiger partial charge in [-0.1, -0.05) is 17.7 Å². The molecule has 3 aromatic rings. The van der Waals surface area contributed by atoms with Crippen LogP contribution in [0.1, 0.15) is 5.69 Å². The highest BCUT2D eigenvalue weighted by molar-refractivity contribution is 7.93. The van der Waals surface area contributed by atoms with Gasteiger partial charge in [0, 0.05) is 7.05 Å². The summed E-state index contributed by atoms with van der Waals surface area (Å²) in [6.07, 6.45) is 1.50. The Hall–Kier alpha value is -2.06. The summed E-state index contributed by atoms with van der Waals surface area (Å²) in [7, 11) is -2.26. The van der Waals surface area contributed by atoms with E-state index in [1.54, 1.807) is 26.1 Å². The van der Waals surface area contributed by atoms with E-state index >= 15 is 0 Å². The topological polar surface area (TPSA) is 92.7 Å². The van der Waals surface area contributed by atoms with Crippen molar-refractivity contribution < 1.29 is 8.42 Å². The molecule has 0 aliphatic rings. The van der Waals surface area contributed by atoms with Gasteiger partial charge in [0.15, 0.2) is 0 Å². The molecule has 2 heterocycles. The third kappa shape index (κ3) is 2.26. The number of nitrogens with one attached hydrogen (secondary N) is 2. The van der Waals surface area contributed by atoms with E-state index in [1.165, 1.54) is 11.0 Å². The summed E-state index contributed by atoms with van der Waals surface area (Å²) in [5.41, 5.74) is 2.00. The number of aromatic nitrogens is 4. The summed E-state index contributed by atoms with van der Waals surface area (Å²) in [5, 5.41) is 4.08. The van der Waals surface area contributed by atoms with E-state index in [0.29, 0.717) is 16.9 Å². The lowest BCUT2D eigenvalue weighted by Crippen LogP contribution is -2.14. The molecule has 2 N–H and O–H groups in total. The number of H-pyrrole nitrogens is 1. The van der Waals surface area contributed by atoms with Crippen molar-refractivity contribution in [3.63, 3.8) is 0 Å². The van der Waals surface area contributed by atoms with Crippen LogP contribution in [0, 0.1) is 6.92 Å². The molecule has 1 aromatic carbocycles. The summed E-state index contributed by atoms with van der Waals surface area (Å²) < 4.78 is 28.9. The molecule has 9 heteroatoms. The molecule has 3 rings (SSSR count). The molecule has 0 saturated heterocycles. The fraction of sp³-hybridized carbons (Fsp3) is 0.167. The van der Waals surface area contributed by atoms with E-state index in [1.807, 2.05) is 6.07 Å². The molecule has 0 fully saturated rings. The Morgan fingerprint density at radius 2 is 2.14 bits per heavy atom. The van der Waals surface area contributed by atoms with Crippen LogP contribution in [0.3, 0.4) is 0 Å². The number of hydrogen-bond donors (Lipinski definition) is 2. The minimum absolute atomic E-state index is 0.0285. The van der Waals surface area contributed by atoms with Gasteiger partial charge in [0.25, 0.3) is 10.0 Å². The number of benzene rings is 1. The first-order valence-electron chi connectivity index (χ1n) is 6.04. The molecule has 21 heavy (non-hydrogen) atoms. The van der Waals surface area contributed by atoms with Crippen molar-refractivity contribution in [2.45, 2.75) is 11.8 Å². The molecule has 0 amide bonds. The molecule has 0 bridgehead atoms. The van der Waals surface area contributed by atoms with Crippen LogP contribution in [0.5, 0.6) is 0 Å². The van der Waals surface area contributed by atoms with Gasteiger partial charge < -0.3 is 4.98 Å². The first kappa shape index (κ1) is 13.9. The highest BCUT2D eigenvalue weighted by Crippen LogP contribution is 2.28. The molecule has 0 saturated carbocycles. The van der Waals surface area contributed by atoms with E-state index in [2.05, 4.69) is 19.8 Å². The van der Waals surface area contributed by atoms with Crippen LogP contribution < -0.4 is 4.72 Å². The lowest BCUT2D eigenvalue weighted by Gasteiger charge is -2.08. The molecule has 0 aliphatic heterocycles.